The highest BCUT2D eigenvalue weighted by atomic mass is 16.5. The molecule has 0 aliphatic rings. The maximum Gasteiger partial charge on any atom is 0.251 e. The Bertz CT molecular complexity index is 366. The number of nitrogens with one attached hydrogen (secondary N) is 1. The van der Waals surface area contributed by atoms with Gasteiger partial charge >= 0.3 is 0 Å². The normalized spacial score (nSPS) is 11.1. The molecule has 0 saturated carbocycles. The van der Waals surface area contributed by atoms with Crippen molar-refractivity contribution >= 4 is 5.91 Å². The van der Waals surface area contributed by atoms with Crippen LogP contribution in [-0.4, -0.2) is 24.6 Å². The summed E-state index contributed by atoms with van der Waals surface area (Å²) >= 11 is 0. The van der Waals surface area contributed by atoms with E-state index in [0.29, 0.717) is 18.7 Å². The molecule has 1 aromatic carbocycles. The smallest absolute Gasteiger partial charge is 0.251 e. The molecule has 0 heterocycles. The Labute approximate surface area is 102 Å². The lowest BCUT2D eigenvalue weighted by Crippen LogP contribution is -2.45. The second-order valence-electron chi connectivity index (χ2n) is 4.63. The van der Waals surface area contributed by atoms with Crippen molar-refractivity contribution in [3.05, 3.63) is 29.8 Å². The topological polar surface area (TPSA) is 64.3 Å². The molecule has 0 saturated heterocycles. The number of carbonyl (C=O) groups is 1. The molecule has 4 heteroatoms. The molecule has 4 nitrogen and oxygen atoms in total. The largest absolute Gasteiger partial charge is 0.494 e. The summed E-state index contributed by atoms with van der Waals surface area (Å²) in [6.07, 6.45) is 0. The molecule has 1 amide bonds. The number of benzene rings is 1. The second kappa shape index (κ2) is 5.68. The van der Waals surface area contributed by atoms with E-state index in [0.717, 1.165) is 5.75 Å². The molecule has 0 fully saturated rings. The third kappa shape index (κ3) is 4.87. The lowest BCUT2D eigenvalue weighted by atomic mass is 10.1. The molecular formula is C13H20N2O2. The van der Waals surface area contributed by atoms with Gasteiger partial charge < -0.3 is 15.8 Å². The van der Waals surface area contributed by atoms with Gasteiger partial charge in [0, 0.05) is 17.6 Å². The van der Waals surface area contributed by atoms with Crippen molar-refractivity contribution in [3.8, 4) is 5.75 Å². The molecule has 17 heavy (non-hydrogen) atoms. The number of ether oxygens (including phenoxy) is 1. The first-order valence-corrected chi connectivity index (χ1v) is 5.72. The Balaban J connectivity index is 2.57. The fraction of sp³-hybridized carbons (Fsp3) is 0.462. The van der Waals surface area contributed by atoms with Crippen LogP contribution in [0.3, 0.4) is 0 Å². The average Bonchev–Trinajstić information content (AvgIpc) is 2.26. The number of carbonyl (C=O) groups excluding carboxylic acids is 1. The summed E-state index contributed by atoms with van der Waals surface area (Å²) in [7, 11) is 0. The molecule has 0 unspecified atom stereocenters. The zero-order valence-electron chi connectivity index (χ0n) is 10.6. The predicted molar refractivity (Wildman–Crippen MR) is 68.2 cm³/mol. The van der Waals surface area contributed by atoms with Crippen molar-refractivity contribution in [3.63, 3.8) is 0 Å². The van der Waals surface area contributed by atoms with E-state index in [1.807, 2.05) is 20.8 Å². The lowest BCUT2D eigenvalue weighted by molar-refractivity contribution is 0.0946. The van der Waals surface area contributed by atoms with Gasteiger partial charge in [-0.05, 0) is 45.0 Å². The number of nitrogens with two attached hydrogens (primary N) is 1. The molecule has 0 aliphatic carbocycles. The van der Waals surface area contributed by atoms with Gasteiger partial charge in [-0.1, -0.05) is 0 Å². The first-order chi connectivity index (χ1) is 7.92. The molecule has 3 N–H and O–H groups in total. The van der Waals surface area contributed by atoms with Crippen LogP contribution in [-0.2, 0) is 0 Å². The van der Waals surface area contributed by atoms with E-state index in [4.69, 9.17) is 10.5 Å². The van der Waals surface area contributed by atoms with Crippen LogP contribution < -0.4 is 15.8 Å². The van der Waals surface area contributed by atoms with Crippen LogP contribution in [0.25, 0.3) is 0 Å². The van der Waals surface area contributed by atoms with E-state index in [-0.39, 0.29) is 5.91 Å². The highest BCUT2D eigenvalue weighted by molar-refractivity contribution is 5.94. The first kappa shape index (κ1) is 13.5. The molecule has 1 rings (SSSR count). The molecule has 0 aliphatic heterocycles. The third-order valence-electron chi connectivity index (χ3n) is 2.13. The summed E-state index contributed by atoms with van der Waals surface area (Å²) in [6.45, 7) is 6.72. The van der Waals surface area contributed by atoms with Gasteiger partial charge in [-0.25, -0.2) is 0 Å². The Morgan fingerprint density at radius 3 is 2.41 bits per heavy atom. The standard InChI is InChI=1S/C13H20N2O2/c1-4-17-11-7-5-10(6-8-11)12(16)15-9-13(2,3)14/h5-8H,4,9,14H2,1-3H3,(H,15,16). The first-order valence-electron chi connectivity index (χ1n) is 5.72. The zero-order valence-corrected chi connectivity index (χ0v) is 10.6. The van der Waals surface area contributed by atoms with Gasteiger partial charge in [-0.15, -0.1) is 0 Å². The molecule has 1 aromatic rings. The summed E-state index contributed by atoms with van der Waals surface area (Å²) in [5, 5.41) is 2.79. The van der Waals surface area contributed by atoms with E-state index in [1.165, 1.54) is 0 Å². The van der Waals surface area contributed by atoms with Crippen LogP contribution in [0.1, 0.15) is 31.1 Å². The monoisotopic (exact) mass is 236 g/mol. The lowest BCUT2D eigenvalue weighted by Gasteiger charge is -2.18. The third-order valence-corrected chi connectivity index (χ3v) is 2.13. The molecular weight excluding hydrogens is 216 g/mol. The minimum Gasteiger partial charge on any atom is -0.494 e. The van der Waals surface area contributed by atoms with E-state index >= 15 is 0 Å². The van der Waals surface area contributed by atoms with Crippen molar-refractivity contribution in [2.45, 2.75) is 26.3 Å². The van der Waals surface area contributed by atoms with Gasteiger partial charge in [-0.3, -0.25) is 4.79 Å². The molecule has 0 aromatic heterocycles. The van der Waals surface area contributed by atoms with Crippen molar-refractivity contribution in [2.24, 2.45) is 5.73 Å². The van der Waals surface area contributed by atoms with Crippen molar-refractivity contribution < 1.29 is 9.53 Å². The number of rotatable bonds is 5. The Morgan fingerprint density at radius 2 is 1.94 bits per heavy atom. The van der Waals surface area contributed by atoms with E-state index in [9.17, 15) is 4.79 Å². The zero-order chi connectivity index (χ0) is 12.9. The Morgan fingerprint density at radius 1 is 1.35 bits per heavy atom. The van der Waals surface area contributed by atoms with E-state index in [2.05, 4.69) is 5.32 Å². The molecule has 94 valence electrons. The predicted octanol–water partition coefficient (Wildman–Crippen LogP) is 1.55. The quantitative estimate of drug-likeness (QED) is 0.815. The van der Waals surface area contributed by atoms with E-state index in [1.54, 1.807) is 24.3 Å². The van der Waals surface area contributed by atoms with Crippen LogP contribution in [0.4, 0.5) is 0 Å². The summed E-state index contributed by atoms with van der Waals surface area (Å²) in [6, 6.07) is 7.05. The number of amides is 1. The maximum atomic E-state index is 11.8. The fourth-order valence-corrected chi connectivity index (χ4v) is 1.28. The summed E-state index contributed by atoms with van der Waals surface area (Å²) in [5.41, 5.74) is 6.00. The number of hydrogen-bond acceptors (Lipinski definition) is 3. The van der Waals surface area contributed by atoms with Gasteiger partial charge in [0.1, 0.15) is 5.75 Å². The summed E-state index contributed by atoms with van der Waals surface area (Å²) in [4.78, 5) is 11.8. The SMILES string of the molecule is CCOc1ccc(C(=O)NCC(C)(C)N)cc1. The van der Waals surface area contributed by atoms with Crippen LogP contribution >= 0.6 is 0 Å². The molecule has 0 bridgehead atoms. The van der Waals surface area contributed by atoms with Gasteiger partial charge in [0.2, 0.25) is 0 Å². The highest BCUT2D eigenvalue weighted by Crippen LogP contribution is 2.12. The van der Waals surface area contributed by atoms with Crippen LogP contribution in [0.5, 0.6) is 5.75 Å². The van der Waals surface area contributed by atoms with Crippen LogP contribution in [0.15, 0.2) is 24.3 Å². The van der Waals surface area contributed by atoms with Crippen LogP contribution in [0, 0.1) is 0 Å². The van der Waals surface area contributed by atoms with Crippen molar-refractivity contribution in [2.75, 3.05) is 13.2 Å². The van der Waals surface area contributed by atoms with Crippen LogP contribution in [0.2, 0.25) is 0 Å². The maximum absolute atomic E-state index is 11.8. The van der Waals surface area contributed by atoms with Crippen molar-refractivity contribution in [1.29, 1.82) is 0 Å². The van der Waals surface area contributed by atoms with Crippen molar-refractivity contribution in [1.82, 2.24) is 5.32 Å². The minimum atomic E-state index is -0.402. The number of hydrogen-bond donors (Lipinski definition) is 2. The molecule has 0 radical (unpaired) electrons. The minimum absolute atomic E-state index is 0.119. The Kier molecular flexibility index (Phi) is 4.52. The van der Waals surface area contributed by atoms with Gasteiger partial charge in [0.05, 0.1) is 6.61 Å². The molecule has 0 atom stereocenters. The van der Waals surface area contributed by atoms with E-state index < -0.39 is 5.54 Å². The Hall–Kier alpha value is -1.55. The molecule has 0 spiro atoms. The summed E-state index contributed by atoms with van der Waals surface area (Å²) < 4.78 is 5.30. The fourth-order valence-electron chi connectivity index (χ4n) is 1.28. The summed E-state index contributed by atoms with van der Waals surface area (Å²) in [5.74, 6) is 0.648. The average molecular weight is 236 g/mol. The van der Waals surface area contributed by atoms with Gasteiger partial charge in [-0.2, -0.15) is 0 Å². The highest BCUT2D eigenvalue weighted by Gasteiger charge is 2.13. The second-order valence-corrected chi connectivity index (χ2v) is 4.63. The van der Waals surface area contributed by atoms with Gasteiger partial charge in [0.15, 0.2) is 0 Å². The van der Waals surface area contributed by atoms with Gasteiger partial charge in [0.25, 0.3) is 5.91 Å².